The Balaban J connectivity index is 2.95. The van der Waals surface area contributed by atoms with Gasteiger partial charge in [0.25, 0.3) is 5.70 Å². The number of nitrogens with zero attached hydrogens (tertiary/aromatic N) is 1. The maximum Gasteiger partial charge on any atom is 0.265 e. The number of hydrogen-bond acceptors (Lipinski definition) is 6. The van der Waals surface area contributed by atoms with Gasteiger partial charge in [-0.2, -0.15) is 0 Å². The number of rotatable bonds is 6. The highest BCUT2D eigenvalue weighted by Gasteiger charge is 2.39. The van der Waals surface area contributed by atoms with E-state index < -0.39 is 28.3 Å². The number of hydrogen-bond donors (Lipinski definition) is 3. The fraction of sp³-hybridized carbons (Fsp3) is 0.538. The summed E-state index contributed by atoms with van der Waals surface area (Å²) < 4.78 is 0. The van der Waals surface area contributed by atoms with E-state index >= 15 is 0 Å². The maximum absolute atomic E-state index is 12.3. The van der Waals surface area contributed by atoms with E-state index in [2.05, 4.69) is 5.32 Å². The third kappa shape index (κ3) is 3.96. The molecular weight excluding hydrogens is 276 g/mol. The standard InChI is InChI=1S/C13H20N4O4/c1-8(14)11(18)13(7-16-12(19)9(2)15)5-3-10(4-6-13)17(20)21/h3-5,8-9H,6-7,14-15H2,1-2H3,(H,16,19)/t8-,9-,13?/m0/s1. The average molecular weight is 296 g/mol. The van der Waals surface area contributed by atoms with Gasteiger partial charge in [-0.3, -0.25) is 19.7 Å². The van der Waals surface area contributed by atoms with Crippen LogP contribution in [0.5, 0.6) is 0 Å². The van der Waals surface area contributed by atoms with Gasteiger partial charge in [0.2, 0.25) is 5.91 Å². The first-order valence-corrected chi connectivity index (χ1v) is 6.56. The lowest BCUT2D eigenvalue weighted by Gasteiger charge is -2.31. The summed E-state index contributed by atoms with van der Waals surface area (Å²) in [5.74, 6) is -0.688. The topological polar surface area (TPSA) is 141 Å². The van der Waals surface area contributed by atoms with Crippen molar-refractivity contribution in [1.82, 2.24) is 5.32 Å². The third-order valence-corrected chi connectivity index (χ3v) is 3.36. The number of Topliss-reactive ketones (excluding diaryl/α,β-unsaturated/α-hetero) is 1. The molecule has 0 fully saturated rings. The number of carbonyl (C=O) groups excluding carboxylic acids is 2. The lowest BCUT2D eigenvalue weighted by atomic mass is 9.75. The first-order valence-electron chi connectivity index (χ1n) is 6.56. The first kappa shape index (κ1) is 17.0. The largest absolute Gasteiger partial charge is 0.353 e. The molecule has 1 aliphatic rings. The molecule has 0 aromatic rings. The number of nitrogens with two attached hydrogens (primary N) is 2. The van der Waals surface area contributed by atoms with Crippen LogP contribution < -0.4 is 16.8 Å². The maximum atomic E-state index is 12.3. The van der Waals surface area contributed by atoms with Gasteiger partial charge in [0.05, 0.1) is 22.4 Å². The van der Waals surface area contributed by atoms with Gasteiger partial charge in [0.15, 0.2) is 5.78 Å². The van der Waals surface area contributed by atoms with Gasteiger partial charge >= 0.3 is 0 Å². The summed E-state index contributed by atoms with van der Waals surface area (Å²) in [6.45, 7) is 3.07. The highest BCUT2D eigenvalue weighted by Crippen LogP contribution is 2.31. The normalized spacial score (nSPS) is 23.9. The second-order valence-electron chi connectivity index (χ2n) is 5.24. The van der Waals surface area contributed by atoms with Gasteiger partial charge in [-0.1, -0.05) is 6.08 Å². The summed E-state index contributed by atoms with van der Waals surface area (Å²) >= 11 is 0. The van der Waals surface area contributed by atoms with Crippen LogP contribution in [0.3, 0.4) is 0 Å². The Kier molecular flexibility index (Phi) is 5.34. The van der Waals surface area contributed by atoms with Crippen molar-refractivity contribution in [2.24, 2.45) is 16.9 Å². The second kappa shape index (κ2) is 6.59. The zero-order valence-electron chi connectivity index (χ0n) is 12.0. The Bertz CT molecular complexity index is 510. The fourth-order valence-electron chi connectivity index (χ4n) is 2.06. The Labute approximate surface area is 122 Å². The quantitative estimate of drug-likeness (QED) is 0.444. The molecule has 0 aromatic carbocycles. The molecule has 1 rings (SSSR count). The Morgan fingerprint density at radius 1 is 1.43 bits per heavy atom. The number of carbonyl (C=O) groups is 2. The molecule has 0 aromatic heterocycles. The molecule has 1 aliphatic carbocycles. The van der Waals surface area contributed by atoms with Gasteiger partial charge in [0.1, 0.15) is 0 Å². The summed E-state index contributed by atoms with van der Waals surface area (Å²) in [7, 11) is 0. The SMILES string of the molecule is C[C@H](N)C(=O)NCC1(C(=O)[C@H](C)N)C=CC([N+](=O)[O-])=CC1. The van der Waals surface area contributed by atoms with E-state index in [4.69, 9.17) is 11.5 Å². The molecule has 0 saturated heterocycles. The minimum Gasteiger partial charge on any atom is -0.353 e. The van der Waals surface area contributed by atoms with Crippen molar-refractivity contribution >= 4 is 11.7 Å². The predicted octanol–water partition coefficient (Wildman–Crippen LogP) is -0.527. The van der Waals surface area contributed by atoms with E-state index in [9.17, 15) is 19.7 Å². The number of nitro groups is 1. The minimum atomic E-state index is -1.07. The molecule has 0 aliphatic heterocycles. The lowest BCUT2D eigenvalue weighted by molar-refractivity contribution is -0.419. The summed E-state index contributed by atoms with van der Waals surface area (Å²) in [6.07, 6.45) is 4.18. The van der Waals surface area contributed by atoms with Crippen LogP contribution in [0.4, 0.5) is 0 Å². The summed E-state index contributed by atoms with van der Waals surface area (Å²) in [6, 6.07) is -1.45. The van der Waals surface area contributed by atoms with Crippen LogP contribution in [0.2, 0.25) is 0 Å². The summed E-state index contributed by atoms with van der Waals surface area (Å²) in [5.41, 5.74) is 9.94. The molecule has 0 spiro atoms. The van der Waals surface area contributed by atoms with E-state index in [1.807, 2.05) is 0 Å². The number of amides is 1. The molecular formula is C13H20N4O4. The highest BCUT2D eigenvalue weighted by atomic mass is 16.6. The Morgan fingerprint density at radius 2 is 2.05 bits per heavy atom. The van der Waals surface area contributed by atoms with Crippen LogP contribution in [-0.4, -0.2) is 35.2 Å². The van der Waals surface area contributed by atoms with Gasteiger partial charge in [-0.05, 0) is 26.3 Å². The van der Waals surface area contributed by atoms with Crippen LogP contribution in [0.15, 0.2) is 23.9 Å². The molecule has 3 atom stereocenters. The van der Waals surface area contributed by atoms with Crippen LogP contribution in [-0.2, 0) is 9.59 Å². The molecule has 8 nitrogen and oxygen atoms in total. The van der Waals surface area contributed by atoms with Gasteiger partial charge in [-0.15, -0.1) is 0 Å². The highest BCUT2D eigenvalue weighted by molar-refractivity contribution is 5.92. The number of allylic oxidation sites excluding steroid dienone is 2. The number of ketones is 1. The van der Waals surface area contributed by atoms with E-state index in [1.54, 1.807) is 0 Å². The molecule has 1 amide bonds. The molecule has 0 heterocycles. The van der Waals surface area contributed by atoms with E-state index in [0.717, 1.165) is 0 Å². The molecule has 0 saturated carbocycles. The molecule has 0 radical (unpaired) electrons. The molecule has 5 N–H and O–H groups in total. The van der Waals surface area contributed by atoms with Crippen LogP contribution >= 0.6 is 0 Å². The number of nitrogens with one attached hydrogen (secondary N) is 1. The van der Waals surface area contributed by atoms with E-state index in [1.165, 1.54) is 32.1 Å². The van der Waals surface area contributed by atoms with Crippen molar-refractivity contribution in [2.75, 3.05) is 6.54 Å². The Hall–Kier alpha value is -2.06. The van der Waals surface area contributed by atoms with Crippen molar-refractivity contribution in [3.05, 3.63) is 34.0 Å². The zero-order valence-corrected chi connectivity index (χ0v) is 12.0. The second-order valence-corrected chi connectivity index (χ2v) is 5.24. The van der Waals surface area contributed by atoms with Crippen LogP contribution in [0.25, 0.3) is 0 Å². The van der Waals surface area contributed by atoms with Crippen LogP contribution in [0, 0.1) is 15.5 Å². The molecule has 0 bridgehead atoms. The summed E-state index contributed by atoms with van der Waals surface area (Å²) in [5, 5.41) is 13.3. The van der Waals surface area contributed by atoms with Crippen LogP contribution in [0.1, 0.15) is 20.3 Å². The van der Waals surface area contributed by atoms with Gasteiger partial charge < -0.3 is 16.8 Å². The molecule has 116 valence electrons. The predicted molar refractivity (Wildman–Crippen MR) is 76.6 cm³/mol. The third-order valence-electron chi connectivity index (χ3n) is 3.36. The van der Waals surface area contributed by atoms with E-state index in [0.29, 0.717) is 0 Å². The van der Waals surface area contributed by atoms with Gasteiger partial charge in [-0.25, -0.2) is 0 Å². The molecule has 21 heavy (non-hydrogen) atoms. The lowest BCUT2D eigenvalue weighted by Crippen LogP contribution is -2.50. The molecule has 8 heteroatoms. The van der Waals surface area contributed by atoms with Crippen molar-refractivity contribution in [3.63, 3.8) is 0 Å². The monoisotopic (exact) mass is 296 g/mol. The fourth-order valence-corrected chi connectivity index (χ4v) is 2.06. The minimum absolute atomic E-state index is 0.00570. The van der Waals surface area contributed by atoms with Gasteiger partial charge in [0, 0.05) is 12.6 Å². The van der Waals surface area contributed by atoms with Crippen molar-refractivity contribution in [1.29, 1.82) is 0 Å². The van der Waals surface area contributed by atoms with E-state index in [-0.39, 0.29) is 24.4 Å². The van der Waals surface area contributed by atoms with Crippen molar-refractivity contribution in [3.8, 4) is 0 Å². The van der Waals surface area contributed by atoms with Crippen molar-refractivity contribution < 1.29 is 14.5 Å². The first-order chi connectivity index (χ1) is 9.69. The molecule has 1 unspecified atom stereocenters. The Morgan fingerprint density at radius 3 is 2.43 bits per heavy atom. The summed E-state index contributed by atoms with van der Waals surface area (Å²) in [4.78, 5) is 34.1. The average Bonchev–Trinajstić information content (AvgIpc) is 2.43. The smallest absolute Gasteiger partial charge is 0.265 e. The zero-order chi connectivity index (χ0) is 16.2. The van der Waals surface area contributed by atoms with Crippen molar-refractivity contribution in [2.45, 2.75) is 32.4 Å².